The topological polar surface area (TPSA) is 102 Å². The second kappa shape index (κ2) is 4.40. The van der Waals surface area contributed by atoms with E-state index in [1.807, 2.05) is 0 Å². The van der Waals surface area contributed by atoms with Crippen LogP contribution in [0, 0.1) is 0 Å². The van der Waals surface area contributed by atoms with E-state index in [0.717, 1.165) is 19.5 Å². The number of nitrogen functional groups attached to an aromatic ring is 1. The van der Waals surface area contributed by atoms with Gasteiger partial charge in [-0.15, -0.1) is 0 Å². The molecule has 2 rings (SSSR count). The van der Waals surface area contributed by atoms with Gasteiger partial charge in [-0.05, 0) is 13.0 Å². The summed E-state index contributed by atoms with van der Waals surface area (Å²) in [4.78, 5) is 11.4. The number of nitrogens with two attached hydrogens (primary N) is 1. The molecule has 0 aliphatic carbocycles. The first kappa shape index (κ1) is 10.7. The van der Waals surface area contributed by atoms with Crippen molar-refractivity contribution in [3.05, 3.63) is 5.56 Å². The molecule has 1 fully saturated rings. The van der Waals surface area contributed by atoms with Crippen LogP contribution >= 0.6 is 0 Å². The molecular weight excluding hydrogens is 212 g/mol. The molecule has 4 N–H and O–H groups in total. The van der Waals surface area contributed by atoms with E-state index in [4.69, 9.17) is 10.3 Å². The van der Waals surface area contributed by atoms with Gasteiger partial charge in [0.05, 0.1) is 7.11 Å². The number of carbonyl (C=O) groups excluding carboxylic acids is 1. The minimum atomic E-state index is -0.549. The standard InChI is InChI=1S/C9H14N4O3/c1-15-9(14)6-7(10)16-13-8(6)12-5-2-3-11-4-5/h5,11H,2-4,10H2,1H3,(H,12,13). The van der Waals surface area contributed by atoms with E-state index in [1.54, 1.807) is 0 Å². The number of methoxy groups -OCH3 is 1. The van der Waals surface area contributed by atoms with Crippen LogP contribution in [-0.2, 0) is 4.74 Å². The monoisotopic (exact) mass is 226 g/mol. The van der Waals surface area contributed by atoms with E-state index in [1.165, 1.54) is 7.11 Å². The third-order valence-electron chi connectivity index (χ3n) is 2.51. The maximum Gasteiger partial charge on any atom is 0.347 e. The Hall–Kier alpha value is -1.76. The predicted octanol–water partition coefficient (Wildman–Crippen LogP) is -0.183. The van der Waals surface area contributed by atoms with Gasteiger partial charge in [-0.2, -0.15) is 0 Å². The van der Waals surface area contributed by atoms with E-state index in [2.05, 4.69) is 20.5 Å². The molecule has 7 nitrogen and oxygen atoms in total. The maximum atomic E-state index is 11.4. The highest BCUT2D eigenvalue weighted by molar-refractivity contribution is 5.98. The summed E-state index contributed by atoms with van der Waals surface area (Å²) in [7, 11) is 1.29. The van der Waals surface area contributed by atoms with Crippen molar-refractivity contribution in [3.63, 3.8) is 0 Å². The lowest BCUT2D eigenvalue weighted by Crippen LogP contribution is -2.23. The van der Waals surface area contributed by atoms with Gasteiger partial charge in [0.15, 0.2) is 11.4 Å². The molecule has 1 aromatic heterocycles. The molecule has 16 heavy (non-hydrogen) atoms. The Kier molecular flexibility index (Phi) is 2.95. The molecule has 7 heteroatoms. The molecule has 88 valence electrons. The van der Waals surface area contributed by atoms with Crippen LogP contribution < -0.4 is 16.4 Å². The first-order chi connectivity index (χ1) is 7.72. The van der Waals surface area contributed by atoms with Crippen LogP contribution in [0.15, 0.2) is 4.52 Å². The van der Waals surface area contributed by atoms with E-state index >= 15 is 0 Å². The van der Waals surface area contributed by atoms with Crippen molar-refractivity contribution in [2.24, 2.45) is 0 Å². The SMILES string of the molecule is COC(=O)c1c(NC2CCNC2)noc1N. The maximum absolute atomic E-state index is 11.4. The summed E-state index contributed by atoms with van der Waals surface area (Å²) in [6, 6.07) is 0.230. The van der Waals surface area contributed by atoms with Gasteiger partial charge in [-0.1, -0.05) is 5.16 Å². The number of esters is 1. The first-order valence-corrected chi connectivity index (χ1v) is 5.03. The Morgan fingerprint density at radius 1 is 1.75 bits per heavy atom. The number of hydrogen-bond acceptors (Lipinski definition) is 7. The van der Waals surface area contributed by atoms with Crippen molar-refractivity contribution in [1.29, 1.82) is 0 Å². The lowest BCUT2D eigenvalue weighted by atomic mass is 10.2. The molecule has 0 saturated carbocycles. The Morgan fingerprint density at radius 3 is 3.19 bits per heavy atom. The van der Waals surface area contributed by atoms with E-state index < -0.39 is 5.97 Å². The van der Waals surface area contributed by atoms with Crippen molar-refractivity contribution >= 4 is 17.7 Å². The van der Waals surface area contributed by atoms with Crippen molar-refractivity contribution in [3.8, 4) is 0 Å². The van der Waals surface area contributed by atoms with Gasteiger partial charge < -0.3 is 25.6 Å². The predicted molar refractivity (Wildman–Crippen MR) is 57.2 cm³/mol. The molecule has 1 aliphatic rings. The molecule has 0 spiro atoms. The zero-order valence-electron chi connectivity index (χ0n) is 8.95. The van der Waals surface area contributed by atoms with Crippen molar-refractivity contribution in [1.82, 2.24) is 10.5 Å². The second-order valence-corrected chi connectivity index (χ2v) is 3.60. The molecule has 1 aromatic rings. The zero-order chi connectivity index (χ0) is 11.5. The van der Waals surface area contributed by atoms with Crippen LogP contribution in [0.1, 0.15) is 16.8 Å². The highest BCUT2D eigenvalue weighted by atomic mass is 16.5. The number of ether oxygens (including phenoxy) is 1. The number of hydrogen-bond donors (Lipinski definition) is 3. The Balaban J connectivity index is 2.16. The summed E-state index contributed by atoms with van der Waals surface area (Å²) < 4.78 is 9.38. The van der Waals surface area contributed by atoms with Gasteiger partial charge in [0.1, 0.15) is 0 Å². The third kappa shape index (κ3) is 1.94. The molecule has 0 aromatic carbocycles. The summed E-state index contributed by atoms with van der Waals surface area (Å²) in [5.41, 5.74) is 5.67. The summed E-state index contributed by atoms with van der Waals surface area (Å²) in [5, 5.41) is 10.00. The zero-order valence-corrected chi connectivity index (χ0v) is 8.95. The molecular formula is C9H14N4O3. The van der Waals surface area contributed by atoms with Gasteiger partial charge in [0.25, 0.3) is 0 Å². The number of carbonyl (C=O) groups is 1. The van der Waals surface area contributed by atoms with E-state index in [0.29, 0.717) is 5.82 Å². The van der Waals surface area contributed by atoms with Crippen LogP contribution in [0.3, 0.4) is 0 Å². The Morgan fingerprint density at radius 2 is 2.56 bits per heavy atom. The Labute approximate surface area is 92.3 Å². The van der Waals surface area contributed by atoms with Gasteiger partial charge >= 0.3 is 5.97 Å². The molecule has 0 radical (unpaired) electrons. The molecule has 0 bridgehead atoms. The lowest BCUT2D eigenvalue weighted by Gasteiger charge is -2.10. The first-order valence-electron chi connectivity index (χ1n) is 5.03. The molecule has 1 unspecified atom stereocenters. The lowest BCUT2D eigenvalue weighted by molar-refractivity contribution is 0.0602. The number of aromatic nitrogens is 1. The van der Waals surface area contributed by atoms with Crippen molar-refractivity contribution in [2.45, 2.75) is 12.5 Å². The van der Waals surface area contributed by atoms with Crippen LogP contribution in [0.2, 0.25) is 0 Å². The minimum absolute atomic E-state index is 0.0275. The van der Waals surface area contributed by atoms with Gasteiger partial charge in [-0.3, -0.25) is 0 Å². The van der Waals surface area contributed by atoms with Crippen molar-refractivity contribution < 1.29 is 14.1 Å². The fourth-order valence-electron chi connectivity index (χ4n) is 1.67. The van der Waals surface area contributed by atoms with E-state index in [-0.39, 0.29) is 17.5 Å². The highest BCUT2D eigenvalue weighted by Crippen LogP contribution is 2.23. The van der Waals surface area contributed by atoms with Gasteiger partial charge in [-0.25, -0.2) is 4.79 Å². The number of nitrogens with one attached hydrogen (secondary N) is 2. The van der Waals surface area contributed by atoms with Crippen LogP contribution in [0.25, 0.3) is 0 Å². The fourth-order valence-corrected chi connectivity index (χ4v) is 1.67. The minimum Gasteiger partial charge on any atom is -0.465 e. The molecule has 1 aliphatic heterocycles. The Bertz CT molecular complexity index is 384. The second-order valence-electron chi connectivity index (χ2n) is 3.60. The number of nitrogens with zero attached hydrogens (tertiary/aromatic N) is 1. The number of rotatable bonds is 3. The normalized spacial score (nSPS) is 19.7. The molecule has 1 saturated heterocycles. The molecule has 0 amide bonds. The summed E-state index contributed by atoms with van der Waals surface area (Å²) in [5.74, 6) is -0.231. The molecule has 1 atom stereocenters. The third-order valence-corrected chi connectivity index (χ3v) is 2.51. The van der Waals surface area contributed by atoms with Crippen molar-refractivity contribution in [2.75, 3.05) is 31.2 Å². The largest absolute Gasteiger partial charge is 0.465 e. The van der Waals surface area contributed by atoms with Crippen LogP contribution in [0.4, 0.5) is 11.7 Å². The summed E-state index contributed by atoms with van der Waals surface area (Å²) in [6.07, 6.45) is 0.966. The van der Waals surface area contributed by atoms with E-state index in [9.17, 15) is 4.79 Å². The average Bonchev–Trinajstić information content (AvgIpc) is 2.89. The van der Waals surface area contributed by atoms with Crippen LogP contribution in [0.5, 0.6) is 0 Å². The van der Waals surface area contributed by atoms with Gasteiger partial charge in [0, 0.05) is 12.6 Å². The average molecular weight is 226 g/mol. The van der Waals surface area contributed by atoms with Gasteiger partial charge in [0.2, 0.25) is 5.88 Å². The molecule has 2 heterocycles. The highest BCUT2D eigenvalue weighted by Gasteiger charge is 2.25. The quantitative estimate of drug-likeness (QED) is 0.614. The summed E-state index contributed by atoms with van der Waals surface area (Å²) >= 11 is 0. The fraction of sp³-hybridized carbons (Fsp3) is 0.556. The smallest absolute Gasteiger partial charge is 0.347 e. The van der Waals surface area contributed by atoms with Crippen LogP contribution in [-0.4, -0.2) is 37.4 Å². The number of anilines is 2. The summed E-state index contributed by atoms with van der Waals surface area (Å²) in [6.45, 7) is 1.77.